The van der Waals surface area contributed by atoms with Gasteiger partial charge in [0.15, 0.2) is 0 Å². The lowest BCUT2D eigenvalue weighted by Crippen LogP contribution is -2.57. The predicted molar refractivity (Wildman–Crippen MR) is 75.7 cm³/mol. The molecule has 1 unspecified atom stereocenters. The molecule has 0 rings (SSSR count). The Morgan fingerprint density at radius 1 is 1.28 bits per heavy atom. The van der Waals surface area contributed by atoms with Crippen LogP contribution in [0.4, 0.5) is 0 Å². The van der Waals surface area contributed by atoms with E-state index in [9.17, 15) is 4.79 Å². The molecule has 0 heterocycles. The molecule has 0 aromatic rings. The topological polar surface area (TPSA) is 41.6 Å². The van der Waals surface area contributed by atoms with Crippen molar-refractivity contribution in [1.82, 2.24) is 10.2 Å². The average molecular weight is 258 g/mol. The maximum absolute atomic E-state index is 12.0. The summed E-state index contributed by atoms with van der Waals surface area (Å²) < 4.78 is 4.93. The second-order valence-corrected chi connectivity index (χ2v) is 4.97. The molecule has 4 heteroatoms. The van der Waals surface area contributed by atoms with Crippen LogP contribution in [0.15, 0.2) is 0 Å². The summed E-state index contributed by atoms with van der Waals surface area (Å²) in [6.45, 7) is 11.9. The van der Waals surface area contributed by atoms with Crippen LogP contribution < -0.4 is 5.32 Å². The summed E-state index contributed by atoms with van der Waals surface area (Å²) >= 11 is 0. The molecular weight excluding hydrogens is 228 g/mol. The SMILES string of the molecule is CCCCN(CC)CC(C)(NCCC)C(=O)OC. The first kappa shape index (κ1) is 17.4. The number of likely N-dealkylation sites (N-methyl/N-ethyl adjacent to an activating group) is 1. The largest absolute Gasteiger partial charge is 0.468 e. The zero-order valence-corrected chi connectivity index (χ0v) is 12.7. The summed E-state index contributed by atoms with van der Waals surface area (Å²) in [5.41, 5.74) is -0.603. The van der Waals surface area contributed by atoms with E-state index >= 15 is 0 Å². The number of rotatable bonds is 10. The quantitative estimate of drug-likeness (QED) is 0.609. The lowest BCUT2D eigenvalue weighted by atomic mass is 10.0. The highest BCUT2D eigenvalue weighted by atomic mass is 16.5. The molecule has 0 amide bonds. The first-order valence-electron chi connectivity index (χ1n) is 7.09. The molecule has 18 heavy (non-hydrogen) atoms. The van der Waals surface area contributed by atoms with E-state index in [1.165, 1.54) is 20.0 Å². The molecule has 0 aromatic carbocycles. The smallest absolute Gasteiger partial charge is 0.327 e. The Labute approximate surface area is 112 Å². The number of methoxy groups -OCH3 is 1. The van der Waals surface area contributed by atoms with Gasteiger partial charge in [-0.05, 0) is 39.4 Å². The molecule has 0 aliphatic carbocycles. The maximum Gasteiger partial charge on any atom is 0.327 e. The Kier molecular flexibility index (Phi) is 9.02. The highest BCUT2D eigenvalue weighted by Crippen LogP contribution is 2.10. The van der Waals surface area contributed by atoms with Crippen molar-refractivity contribution in [3.05, 3.63) is 0 Å². The van der Waals surface area contributed by atoms with E-state index in [0.29, 0.717) is 6.54 Å². The maximum atomic E-state index is 12.0. The molecular formula is C14H30N2O2. The number of hydrogen-bond donors (Lipinski definition) is 1. The van der Waals surface area contributed by atoms with Crippen molar-refractivity contribution in [2.45, 2.75) is 52.5 Å². The number of hydrogen-bond acceptors (Lipinski definition) is 4. The normalized spacial score (nSPS) is 14.6. The fourth-order valence-electron chi connectivity index (χ4n) is 2.00. The van der Waals surface area contributed by atoms with Crippen molar-refractivity contribution in [1.29, 1.82) is 0 Å². The van der Waals surface area contributed by atoms with Gasteiger partial charge in [0.2, 0.25) is 0 Å². The van der Waals surface area contributed by atoms with Gasteiger partial charge in [0.05, 0.1) is 7.11 Å². The minimum Gasteiger partial charge on any atom is -0.468 e. The highest BCUT2D eigenvalue weighted by Gasteiger charge is 2.35. The lowest BCUT2D eigenvalue weighted by molar-refractivity contribution is -0.148. The number of esters is 1. The highest BCUT2D eigenvalue weighted by molar-refractivity contribution is 5.80. The standard InChI is InChI=1S/C14H30N2O2/c1-6-9-11-16(8-3)12-14(4,13(17)18-5)15-10-7-2/h15H,6-12H2,1-5H3. The summed E-state index contributed by atoms with van der Waals surface area (Å²) in [6, 6.07) is 0. The molecule has 4 nitrogen and oxygen atoms in total. The van der Waals surface area contributed by atoms with E-state index < -0.39 is 5.54 Å². The molecule has 0 fully saturated rings. The third-order valence-corrected chi connectivity index (χ3v) is 3.22. The van der Waals surface area contributed by atoms with E-state index in [1.54, 1.807) is 0 Å². The zero-order valence-electron chi connectivity index (χ0n) is 12.7. The number of nitrogens with one attached hydrogen (secondary N) is 1. The summed E-state index contributed by atoms with van der Waals surface area (Å²) in [5, 5.41) is 3.32. The molecule has 0 saturated carbocycles. The van der Waals surface area contributed by atoms with Gasteiger partial charge >= 0.3 is 5.97 Å². The number of nitrogens with zero attached hydrogens (tertiary/aromatic N) is 1. The predicted octanol–water partition coefficient (Wildman–Crippen LogP) is 2.04. The molecule has 108 valence electrons. The lowest BCUT2D eigenvalue weighted by Gasteiger charge is -2.33. The van der Waals surface area contributed by atoms with E-state index in [2.05, 4.69) is 31.0 Å². The van der Waals surface area contributed by atoms with Gasteiger partial charge in [-0.25, -0.2) is 0 Å². The third kappa shape index (κ3) is 5.83. The van der Waals surface area contributed by atoms with Crippen molar-refractivity contribution >= 4 is 5.97 Å². The minimum absolute atomic E-state index is 0.175. The third-order valence-electron chi connectivity index (χ3n) is 3.22. The molecule has 0 bridgehead atoms. The molecule has 0 spiro atoms. The first-order chi connectivity index (χ1) is 8.53. The van der Waals surface area contributed by atoms with Crippen molar-refractivity contribution in [2.24, 2.45) is 0 Å². The van der Waals surface area contributed by atoms with E-state index in [1.807, 2.05) is 6.92 Å². The molecule has 1 N–H and O–H groups in total. The van der Waals surface area contributed by atoms with E-state index in [4.69, 9.17) is 4.74 Å². The molecule has 0 aromatic heterocycles. The molecule has 0 aliphatic heterocycles. The summed E-state index contributed by atoms with van der Waals surface area (Å²) in [7, 11) is 1.45. The van der Waals surface area contributed by atoms with Crippen LogP contribution >= 0.6 is 0 Å². The van der Waals surface area contributed by atoms with Crippen molar-refractivity contribution in [3.63, 3.8) is 0 Å². The van der Waals surface area contributed by atoms with Gasteiger partial charge in [-0.2, -0.15) is 0 Å². The van der Waals surface area contributed by atoms with Gasteiger partial charge in [-0.15, -0.1) is 0 Å². The molecule has 1 atom stereocenters. The van der Waals surface area contributed by atoms with E-state index in [-0.39, 0.29) is 5.97 Å². The van der Waals surface area contributed by atoms with Crippen molar-refractivity contribution in [2.75, 3.05) is 33.3 Å². The van der Waals surface area contributed by atoms with Crippen LogP contribution in [0.1, 0.15) is 47.0 Å². The number of carbonyl (C=O) groups excluding carboxylic acids is 1. The second kappa shape index (κ2) is 9.34. The van der Waals surface area contributed by atoms with Gasteiger partial charge in [-0.1, -0.05) is 27.2 Å². The Hall–Kier alpha value is -0.610. The molecule has 0 radical (unpaired) electrons. The number of ether oxygens (including phenoxy) is 1. The molecule has 0 aliphatic rings. The van der Waals surface area contributed by atoms with Crippen molar-refractivity contribution in [3.8, 4) is 0 Å². The Morgan fingerprint density at radius 3 is 2.39 bits per heavy atom. The fraction of sp³-hybridized carbons (Fsp3) is 0.929. The van der Waals surface area contributed by atoms with Crippen LogP contribution in [-0.2, 0) is 9.53 Å². The summed E-state index contributed by atoms with van der Waals surface area (Å²) in [6.07, 6.45) is 3.35. The van der Waals surface area contributed by atoms with Gasteiger partial charge in [0.1, 0.15) is 5.54 Å². The number of unbranched alkanes of at least 4 members (excludes halogenated alkanes) is 1. The molecule has 0 saturated heterocycles. The summed E-state index contributed by atoms with van der Waals surface area (Å²) in [4.78, 5) is 14.3. The Balaban J connectivity index is 4.58. The van der Waals surface area contributed by atoms with Gasteiger partial charge in [0.25, 0.3) is 0 Å². The van der Waals surface area contributed by atoms with Gasteiger partial charge < -0.3 is 15.0 Å². The van der Waals surface area contributed by atoms with Crippen LogP contribution in [0.2, 0.25) is 0 Å². The van der Waals surface area contributed by atoms with Crippen LogP contribution in [-0.4, -0.2) is 49.7 Å². The Bertz CT molecular complexity index is 234. The van der Waals surface area contributed by atoms with Crippen LogP contribution in [0.25, 0.3) is 0 Å². The first-order valence-corrected chi connectivity index (χ1v) is 7.09. The fourth-order valence-corrected chi connectivity index (χ4v) is 2.00. The summed E-state index contributed by atoms with van der Waals surface area (Å²) in [5.74, 6) is -0.175. The van der Waals surface area contributed by atoms with Crippen molar-refractivity contribution < 1.29 is 9.53 Å². The van der Waals surface area contributed by atoms with Crippen LogP contribution in [0.3, 0.4) is 0 Å². The van der Waals surface area contributed by atoms with Gasteiger partial charge in [0, 0.05) is 6.54 Å². The monoisotopic (exact) mass is 258 g/mol. The average Bonchev–Trinajstić information content (AvgIpc) is 2.40. The van der Waals surface area contributed by atoms with Gasteiger partial charge in [-0.3, -0.25) is 4.79 Å². The Morgan fingerprint density at radius 2 is 1.94 bits per heavy atom. The number of carbonyl (C=O) groups is 1. The van der Waals surface area contributed by atoms with E-state index in [0.717, 1.165) is 26.1 Å². The van der Waals surface area contributed by atoms with Crippen LogP contribution in [0.5, 0.6) is 0 Å². The minimum atomic E-state index is -0.603. The van der Waals surface area contributed by atoms with Crippen LogP contribution in [0, 0.1) is 0 Å². The zero-order chi connectivity index (χ0) is 14.0. The second-order valence-electron chi connectivity index (χ2n) is 4.97.